The number of guanidine groups is 1. The molecule has 2 N–H and O–H groups in total. The third-order valence-corrected chi connectivity index (χ3v) is 6.52. The fourth-order valence-corrected chi connectivity index (χ4v) is 3.65. The van der Waals surface area contributed by atoms with Gasteiger partial charge in [-0.3, -0.25) is 0 Å². The van der Waals surface area contributed by atoms with Crippen molar-refractivity contribution in [3.63, 3.8) is 0 Å². The summed E-state index contributed by atoms with van der Waals surface area (Å²) >= 11 is 0. The number of hydrogen-bond acceptors (Lipinski definition) is 3. The third kappa shape index (κ3) is 7.55. The van der Waals surface area contributed by atoms with Crippen LogP contribution in [0.25, 0.3) is 0 Å². The van der Waals surface area contributed by atoms with E-state index in [0.29, 0.717) is 12.5 Å². The lowest BCUT2D eigenvalue weighted by Gasteiger charge is -2.16. The first kappa shape index (κ1) is 26.4. The van der Waals surface area contributed by atoms with Crippen LogP contribution in [0.1, 0.15) is 36.5 Å². The fourth-order valence-electron chi connectivity index (χ4n) is 2.75. The van der Waals surface area contributed by atoms with Gasteiger partial charge in [-0.2, -0.15) is 0 Å². The van der Waals surface area contributed by atoms with Crippen molar-refractivity contribution in [1.82, 2.24) is 14.9 Å². The second-order valence-corrected chi connectivity index (χ2v) is 9.47. The average Bonchev–Trinajstić information content (AvgIpc) is 2.70. The van der Waals surface area contributed by atoms with Crippen molar-refractivity contribution in [1.29, 1.82) is 0 Å². The third-order valence-electron chi connectivity index (χ3n) is 4.69. The summed E-state index contributed by atoms with van der Waals surface area (Å²) in [5, 5.41) is 6.65. The lowest BCUT2D eigenvalue weighted by molar-refractivity contribution is 0.520. The fraction of sp³-hybridized carbons (Fsp3) is 0.409. The molecule has 166 valence electrons. The van der Waals surface area contributed by atoms with Crippen LogP contribution < -0.4 is 10.6 Å². The van der Waals surface area contributed by atoms with Crippen LogP contribution >= 0.6 is 24.0 Å². The molecule has 0 aliphatic carbocycles. The number of benzene rings is 2. The number of hydrogen-bond donors (Lipinski definition) is 2. The normalized spacial score (nSPS) is 12.9. The first-order valence-electron chi connectivity index (χ1n) is 9.84. The molecule has 2 aromatic carbocycles. The van der Waals surface area contributed by atoms with Crippen LogP contribution in [0, 0.1) is 6.92 Å². The van der Waals surface area contributed by atoms with Crippen molar-refractivity contribution in [2.24, 2.45) is 4.99 Å². The highest BCUT2D eigenvalue weighted by molar-refractivity contribution is 14.0. The molecule has 0 radical (unpaired) electrons. The van der Waals surface area contributed by atoms with Crippen LogP contribution in [0.3, 0.4) is 0 Å². The summed E-state index contributed by atoms with van der Waals surface area (Å²) in [4.78, 5) is 4.91. The highest BCUT2D eigenvalue weighted by Crippen LogP contribution is 2.16. The van der Waals surface area contributed by atoms with Crippen LogP contribution in [0.2, 0.25) is 0 Å². The Hall–Kier alpha value is -1.65. The number of sulfonamides is 1. The predicted molar refractivity (Wildman–Crippen MR) is 135 cm³/mol. The Balaban J connectivity index is 0.00000450. The molecule has 6 nitrogen and oxygen atoms in total. The van der Waals surface area contributed by atoms with Crippen molar-refractivity contribution in [2.75, 3.05) is 27.2 Å². The zero-order valence-corrected chi connectivity index (χ0v) is 21.5. The molecule has 1 unspecified atom stereocenters. The second kappa shape index (κ2) is 12.3. The van der Waals surface area contributed by atoms with Gasteiger partial charge < -0.3 is 10.6 Å². The number of nitrogens with zero attached hydrogens (tertiary/aromatic N) is 2. The molecule has 0 saturated carbocycles. The molecule has 0 aliphatic rings. The molecule has 2 rings (SSSR count). The minimum atomic E-state index is -3.41. The Bertz CT molecular complexity index is 911. The number of rotatable bonds is 8. The summed E-state index contributed by atoms with van der Waals surface area (Å²) in [7, 11) is -0.353. The lowest BCUT2D eigenvalue weighted by atomic mass is 10.0. The van der Waals surface area contributed by atoms with E-state index in [1.807, 2.05) is 6.92 Å². The van der Waals surface area contributed by atoms with Gasteiger partial charge in [-0.15, -0.1) is 24.0 Å². The summed E-state index contributed by atoms with van der Waals surface area (Å²) < 4.78 is 25.5. The van der Waals surface area contributed by atoms with Crippen molar-refractivity contribution in [2.45, 2.75) is 38.1 Å². The maximum Gasteiger partial charge on any atom is 0.242 e. The van der Waals surface area contributed by atoms with Crippen molar-refractivity contribution >= 4 is 40.0 Å². The molecule has 2 aromatic rings. The molecule has 0 saturated heterocycles. The molecule has 1 atom stereocenters. The second-order valence-electron chi connectivity index (χ2n) is 7.32. The van der Waals surface area contributed by atoms with E-state index in [1.54, 1.807) is 24.3 Å². The quantitative estimate of drug-likeness (QED) is 0.302. The van der Waals surface area contributed by atoms with E-state index in [9.17, 15) is 8.42 Å². The molecule has 8 heteroatoms. The van der Waals surface area contributed by atoms with Crippen LogP contribution in [-0.2, 0) is 16.6 Å². The number of aliphatic imine (C=N–C) groups is 1. The SMILES string of the molecule is CCNC(=NCc1ccc(S(=O)(=O)N(C)C)cc1)NCC(C)c1ccc(C)cc1.I. The van der Waals surface area contributed by atoms with Gasteiger partial charge in [-0.25, -0.2) is 17.7 Å². The van der Waals surface area contributed by atoms with Crippen molar-refractivity contribution in [3.8, 4) is 0 Å². The Morgan fingerprint density at radius 2 is 1.63 bits per heavy atom. The molecule has 0 fully saturated rings. The van der Waals surface area contributed by atoms with E-state index in [4.69, 9.17) is 0 Å². The standard InChI is InChI=1S/C22H32N4O2S.HI/c1-6-23-22(24-15-18(3)20-11-7-17(2)8-12-20)25-16-19-9-13-21(14-10-19)29(27,28)26(4)5;/h7-14,18H,6,15-16H2,1-5H3,(H2,23,24,25);1H. The molecule has 0 amide bonds. The van der Waals surface area contributed by atoms with Gasteiger partial charge in [0.2, 0.25) is 10.0 Å². The summed E-state index contributed by atoms with van der Waals surface area (Å²) in [6.45, 7) is 8.31. The maximum atomic E-state index is 12.2. The lowest BCUT2D eigenvalue weighted by Crippen LogP contribution is -2.39. The van der Waals surface area contributed by atoms with Gasteiger partial charge >= 0.3 is 0 Å². The Morgan fingerprint density at radius 3 is 2.17 bits per heavy atom. The van der Waals surface area contributed by atoms with Crippen LogP contribution in [-0.4, -0.2) is 45.9 Å². The predicted octanol–water partition coefficient (Wildman–Crippen LogP) is 3.72. The monoisotopic (exact) mass is 544 g/mol. The number of aryl methyl sites for hydroxylation is 1. The minimum Gasteiger partial charge on any atom is -0.357 e. The molecular weight excluding hydrogens is 511 g/mol. The summed E-state index contributed by atoms with van der Waals surface area (Å²) in [5.74, 6) is 1.10. The van der Waals surface area contributed by atoms with E-state index >= 15 is 0 Å². The van der Waals surface area contributed by atoms with E-state index in [1.165, 1.54) is 29.5 Å². The zero-order chi connectivity index (χ0) is 21.4. The first-order chi connectivity index (χ1) is 13.7. The summed E-state index contributed by atoms with van der Waals surface area (Å²) in [5.41, 5.74) is 3.50. The first-order valence-corrected chi connectivity index (χ1v) is 11.3. The molecular formula is C22H33IN4O2S. The van der Waals surface area contributed by atoms with Crippen LogP contribution in [0.15, 0.2) is 58.4 Å². The zero-order valence-electron chi connectivity index (χ0n) is 18.3. The molecule has 0 aliphatic heterocycles. The largest absolute Gasteiger partial charge is 0.357 e. The molecule has 0 bridgehead atoms. The Kier molecular flexibility index (Phi) is 10.8. The number of halogens is 1. The van der Waals surface area contributed by atoms with Gasteiger partial charge in [0.1, 0.15) is 0 Å². The summed E-state index contributed by atoms with van der Waals surface area (Å²) in [6.07, 6.45) is 0. The average molecular weight is 545 g/mol. The van der Waals surface area contributed by atoms with E-state index in [0.717, 1.165) is 24.6 Å². The van der Waals surface area contributed by atoms with Crippen LogP contribution in [0.4, 0.5) is 0 Å². The molecule has 0 heterocycles. The summed E-state index contributed by atoms with van der Waals surface area (Å²) in [6, 6.07) is 15.4. The van der Waals surface area contributed by atoms with E-state index in [2.05, 4.69) is 53.7 Å². The Labute approximate surface area is 198 Å². The van der Waals surface area contributed by atoms with Crippen molar-refractivity contribution < 1.29 is 8.42 Å². The molecule has 0 aromatic heterocycles. The van der Waals surface area contributed by atoms with Gasteiger partial charge in [0.05, 0.1) is 11.4 Å². The van der Waals surface area contributed by atoms with E-state index in [-0.39, 0.29) is 28.9 Å². The van der Waals surface area contributed by atoms with Gasteiger partial charge in [0.25, 0.3) is 0 Å². The molecule has 0 spiro atoms. The number of nitrogens with one attached hydrogen (secondary N) is 2. The van der Waals surface area contributed by atoms with Crippen molar-refractivity contribution in [3.05, 3.63) is 65.2 Å². The van der Waals surface area contributed by atoms with Gasteiger partial charge in [0.15, 0.2) is 5.96 Å². The molecule has 30 heavy (non-hydrogen) atoms. The minimum absolute atomic E-state index is 0. The highest BCUT2D eigenvalue weighted by Gasteiger charge is 2.16. The Morgan fingerprint density at radius 1 is 1.03 bits per heavy atom. The van der Waals surface area contributed by atoms with Gasteiger partial charge in [-0.1, -0.05) is 48.9 Å². The van der Waals surface area contributed by atoms with Crippen LogP contribution in [0.5, 0.6) is 0 Å². The van der Waals surface area contributed by atoms with E-state index < -0.39 is 10.0 Å². The highest BCUT2D eigenvalue weighted by atomic mass is 127. The topological polar surface area (TPSA) is 73.8 Å². The van der Waals surface area contributed by atoms with Gasteiger partial charge in [-0.05, 0) is 43.0 Å². The van der Waals surface area contributed by atoms with Gasteiger partial charge in [0, 0.05) is 27.2 Å². The maximum absolute atomic E-state index is 12.2. The smallest absolute Gasteiger partial charge is 0.242 e.